The Balaban J connectivity index is 2.38. The third-order valence-corrected chi connectivity index (χ3v) is 4.11. The average Bonchev–Trinajstić information content (AvgIpc) is 2.41. The Morgan fingerprint density at radius 1 is 1.21 bits per heavy atom. The monoisotopic (exact) mass is 340 g/mol. The molecule has 4 heteroatoms. The number of hydrogen-bond acceptors (Lipinski definition) is 2. The van der Waals surface area contributed by atoms with Crippen LogP contribution in [0.25, 0.3) is 0 Å². The Labute approximate surface area is 126 Å². The molecule has 100 valence electrons. The summed E-state index contributed by atoms with van der Waals surface area (Å²) in [5.41, 5.74) is 2.55. The van der Waals surface area contributed by atoms with Crippen molar-refractivity contribution in [1.29, 1.82) is 0 Å². The van der Waals surface area contributed by atoms with Crippen LogP contribution in [0.4, 0.5) is 0 Å². The number of rotatable bonds is 3. The minimum Gasteiger partial charge on any atom is -0.497 e. The van der Waals surface area contributed by atoms with E-state index >= 15 is 0 Å². The maximum absolute atomic E-state index is 10.4. The Bertz CT molecular complexity index is 599. The second-order valence-electron chi connectivity index (χ2n) is 4.30. The summed E-state index contributed by atoms with van der Waals surface area (Å²) < 4.78 is 5.95. The van der Waals surface area contributed by atoms with E-state index in [4.69, 9.17) is 16.3 Å². The van der Waals surface area contributed by atoms with Crippen LogP contribution < -0.4 is 4.74 Å². The van der Waals surface area contributed by atoms with E-state index in [1.54, 1.807) is 13.2 Å². The van der Waals surface area contributed by atoms with E-state index < -0.39 is 6.10 Å². The van der Waals surface area contributed by atoms with E-state index in [1.165, 1.54) is 0 Å². The van der Waals surface area contributed by atoms with Crippen molar-refractivity contribution in [2.75, 3.05) is 7.11 Å². The SMILES string of the molecule is COc1ccc(C(O)c2ccc(Cl)c(C)c2)c(Br)c1. The first-order valence-corrected chi connectivity index (χ1v) is 6.97. The van der Waals surface area contributed by atoms with Crippen molar-refractivity contribution in [2.45, 2.75) is 13.0 Å². The molecular formula is C15H14BrClO2. The molecule has 0 aliphatic carbocycles. The highest BCUT2D eigenvalue weighted by Gasteiger charge is 2.15. The summed E-state index contributed by atoms with van der Waals surface area (Å²) in [4.78, 5) is 0. The zero-order chi connectivity index (χ0) is 14.0. The van der Waals surface area contributed by atoms with Gasteiger partial charge in [0.1, 0.15) is 11.9 Å². The fourth-order valence-corrected chi connectivity index (χ4v) is 2.57. The van der Waals surface area contributed by atoms with Crippen LogP contribution in [0.15, 0.2) is 40.9 Å². The molecular weight excluding hydrogens is 328 g/mol. The molecule has 0 aliphatic heterocycles. The molecule has 2 aromatic rings. The van der Waals surface area contributed by atoms with Gasteiger partial charge in [-0.2, -0.15) is 0 Å². The summed E-state index contributed by atoms with van der Waals surface area (Å²) in [5.74, 6) is 0.745. The highest BCUT2D eigenvalue weighted by molar-refractivity contribution is 9.10. The molecule has 0 amide bonds. The molecule has 19 heavy (non-hydrogen) atoms. The van der Waals surface area contributed by atoms with Crippen LogP contribution in [0.1, 0.15) is 22.8 Å². The van der Waals surface area contributed by atoms with Gasteiger partial charge in [0.15, 0.2) is 0 Å². The van der Waals surface area contributed by atoms with Crippen LogP contribution in [-0.2, 0) is 0 Å². The summed E-state index contributed by atoms with van der Waals surface area (Å²) in [6.45, 7) is 1.92. The molecule has 0 aliphatic rings. The number of aliphatic hydroxyl groups is 1. The van der Waals surface area contributed by atoms with E-state index in [0.717, 1.165) is 26.9 Å². The molecule has 1 atom stereocenters. The van der Waals surface area contributed by atoms with Gasteiger partial charge < -0.3 is 9.84 Å². The summed E-state index contributed by atoms with van der Waals surface area (Å²) in [7, 11) is 1.61. The van der Waals surface area contributed by atoms with Crippen LogP contribution in [0.5, 0.6) is 5.75 Å². The van der Waals surface area contributed by atoms with Gasteiger partial charge in [-0.1, -0.05) is 45.7 Å². The number of benzene rings is 2. The lowest BCUT2D eigenvalue weighted by molar-refractivity contribution is 0.219. The van der Waals surface area contributed by atoms with Gasteiger partial charge in [0.05, 0.1) is 7.11 Å². The Morgan fingerprint density at radius 2 is 1.95 bits per heavy atom. The van der Waals surface area contributed by atoms with Crippen molar-refractivity contribution in [3.05, 3.63) is 62.6 Å². The number of aryl methyl sites for hydroxylation is 1. The molecule has 2 aromatic carbocycles. The highest BCUT2D eigenvalue weighted by atomic mass is 79.9. The molecule has 2 nitrogen and oxygen atoms in total. The van der Waals surface area contributed by atoms with Crippen molar-refractivity contribution >= 4 is 27.5 Å². The molecule has 1 N–H and O–H groups in total. The smallest absolute Gasteiger partial charge is 0.120 e. The first-order valence-electron chi connectivity index (χ1n) is 5.80. The normalized spacial score (nSPS) is 12.3. The van der Waals surface area contributed by atoms with Crippen molar-refractivity contribution in [1.82, 2.24) is 0 Å². The Hall–Kier alpha value is -1.03. The fourth-order valence-electron chi connectivity index (χ4n) is 1.87. The summed E-state index contributed by atoms with van der Waals surface area (Å²) in [5, 5.41) is 11.1. The van der Waals surface area contributed by atoms with Crippen molar-refractivity contribution in [2.24, 2.45) is 0 Å². The van der Waals surface area contributed by atoms with Gasteiger partial charge in [0, 0.05) is 9.50 Å². The molecule has 0 spiro atoms. The van der Waals surface area contributed by atoms with Crippen molar-refractivity contribution in [3.63, 3.8) is 0 Å². The minimum atomic E-state index is -0.698. The topological polar surface area (TPSA) is 29.5 Å². The predicted octanol–water partition coefficient (Wildman–Crippen LogP) is 4.50. The number of halogens is 2. The minimum absolute atomic E-state index is 0.698. The largest absolute Gasteiger partial charge is 0.497 e. The second kappa shape index (κ2) is 5.95. The standard InChI is InChI=1S/C15H14BrClO2/c1-9-7-10(3-6-14(9)17)15(18)12-5-4-11(19-2)8-13(12)16/h3-8,15,18H,1-2H3. The number of hydrogen-bond donors (Lipinski definition) is 1. The first-order chi connectivity index (χ1) is 9.02. The van der Waals surface area contributed by atoms with Crippen molar-refractivity contribution in [3.8, 4) is 5.75 Å². The number of ether oxygens (including phenoxy) is 1. The van der Waals surface area contributed by atoms with Gasteiger partial charge >= 0.3 is 0 Å². The van der Waals surface area contributed by atoms with Crippen LogP contribution in [0.3, 0.4) is 0 Å². The first kappa shape index (κ1) is 14.4. The summed E-state index contributed by atoms with van der Waals surface area (Å²) >= 11 is 9.45. The maximum atomic E-state index is 10.4. The maximum Gasteiger partial charge on any atom is 0.120 e. The molecule has 0 fully saturated rings. The average molecular weight is 342 g/mol. The van der Waals surface area contributed by atoms with Gasteiger partial charge in [-0.3, -0.25) is 0 Å². The highest BCUT2D eigenvalue weighted by Crippen LogP contribution is 2.32. The zero-order valence-electron chi connectivity index (χ0n) is 10.7. The van der Waals surface area contributed by atoms with E-state index in [2.05, 4.69) is 15.9 Å². The molecule has 0 heterocycles. The van der Waals surface area contributed by atoms with Gasteiger partial charge in [0.2, 0.25) is 0 Å². The van der Waals surface area contributed by atoms with Crippen LogP contribution >= 0.6 is 27.5 Å². The molecule has 0 saturated heterocycles. The van der Waals surface area contributed by atoms with Crippen molar-refractivity contribution < 1.29 is 9.84 Å². The fraction of sp³-hybridized carbons (Fsp3) is 0.200. The number of aliphatic hydroxyl groups excluding tert-OH is 1. The molecule has 1 unspecified atom stereocenters. The van der Waals surface area contributed by atoms with Gasteiger partial charge in [0.25, 0.3) is 0 Å². The van der Waals surface area contributed by atoms with Gasteiger partial charge in [-0.05, 0) is 41.8 Å². The second-order valence-corrected chi connectivity index (χ2v) is 5.56. The van der Waals surface area contributed by atoms with Gasteiger partial charge in [-0.15, -0.1) is 0 Å². The number of methoxy groups -OCH3 is 1. The van der Waals surface area contributed by atoms with Gasteiger partial charge in [-0.25, -0.2) is 0 Å². The van der Waals surface area contributed by atoms with Crippen LogP contribution in [-0.4, -0.2) is 12.2 Å². The zero-order valence-corrected chi connectivity index (χ0v) is 13.0. The van der Waals surface area contributed by atoms with E-state index in [9.17, 15) is 5.11 Å². The lowest BCUT2D eigenvalue weighted by Gasteiger charge is -2.15. The molecule has 0 saturated carbocycles. The van der Waals surface area contributed by atoms with E-state index in [0.29, 0.717) is 5.02 Å². The quantitative estimate of drug-likeness (QED) is 0.890. The molecule has 2 rings (SSSR count). The lowest BCUT2D eigenvalue weighted by Crippen LogP contribution is -2.01. The van der Waals surface area contributed by atoms with Crippen LogP contribution in [0, 0.1) is 6.92 Å². The summed E-state index contributed by atoms with van der Waals surface area (Å²) in [6, 6.07) is 11.0. The Kier molecular flexibility index (Phi) is 4.50. The van der Waals surface area contributed by atoms with Crippen LogP contribution in [0.2, 0.25) is 5.02 Å². The Morgan fingerprint density at radius 3 is 2.53 bits per heavy atom. The molecule has 0 aromatic heterocycles. The molecule has 0 radical (unpaired) electrons. The summed E-state index contributed by atoms with van der Waals surface area (Å²) in [6.07, 6.45) is -0.698. The molecule has 0 bridgehead atoms. The lowest BCUT2D eigenvalue weighted by atomic mass is 10.00. The predicted molar refractivity (Wildman–Crippen MR) is 80.9 cm³/mol. The third kappa shape index (κ3) is 3.11. The van der Waals surface area contributed by atoms with E-state index in [-0.39, 0.29) is 0 Å². The third-order valence-electron chi connectivity index (χ3n) is 3.00. The van der Waals surface area contributed by atoms with E-state index in [1.807, 2.05) is 37.3 Å².